The Labute approximate surface area is 117 Å². The maximum atomic E-state index is 12.3. The number of nitrogen functional groups attached to an aromatic ring is 1. The summed E-state index contributed by atoms with van der Waals surface area (Å²) in [6.07, 6.45) is 0.726. The van der Waals surface area contributed by atoms with E-state index in [4.69, 9.17) is 17.3 Å². The molecule has 0 radical (unpaired) electrons. The molecule has 0 fully saturated rings. The fourth-order valence-electron chi connectivity index (χ4n) is 1.73. The zero-order valence-electron chi connectivity index (χ0n) is 10.2. The summed E-state index contributed by atoms with van der Waals surface area (Å²) in [6, 6.07) is 13.0. The summed E-state index contributed by atoms with van der Waals surface area (Å²) in [5.74, 6) is 0.518. The molecule has 19 heavy (non-hydrogen) atoms. The van der Waals surface area contributed by atoms with Crippen LogP contribution in [0, 0.1) is 0 Å². The van der Waals surface area contributed by atoms with Gasteiger partial charge in [0.05, 0.1) is 9.79 Å². The van der Waals surface area contributed by atoms with Crippen molar-refractivity contribution in [1.82, 2.24) is 0 Å². The van der Waals surface area contributed by atoms with E-state index < -0.39 is 9.84 Å². The van der Waals surface area contributed by atoms with Crippen LogP contribution >= 0.6 is 11.6 Å². The Kier molecular flexibility index (Phi) is 4.12. The number of hydrogen-bond donors (Lipinski definition) is 1. The van der Waals surface area contributed by atoms with Gasteiger partial charge >= 0.3 is 0 Å². The van der Waals surface area contributed by atoms with Gasteiger partial charge in [-0.25, -0.2) is 8.42 Å². The highest BCUT2D eigenvalue weighted by atomic mass is 35.5. The molecule has 0 spiro atoms. The summed E-state index contributed by atoms with van der Waals surface area (Å²) in [6.45, 7) is 0. The lowest BCUT2D eigenvalue weighted by atomic mass is 10.2. The first-order valence-corrected chi connectivity index (χ1v) is 7.81. The molecule has 2 N–H and O–H groups in total. The van der Waals surface area contributed by atoms with E-state index in [1.165, 1.54) is 12.1 Å². The lowest BCUT2D eigenvalue weighted by molar-refractivity contribution is 0.596. The Hall–Kier alpha value is -1.52. The third-order valence-electron chi connectivity index (χ3n) is 2.81. The van der Waals surface area contributed by atoms with Crippen LogP contribution < -0.4 is 5.73 Å². The van der Waals surface area contributed by atoms with Crippen molar-refractivity contribution in [2.75, 3.05) is 11.6 Å². The molecule has 0 bridgehead atoms. The second-order valence-electron chi connectivity index (χ2n) is 4.16. The van der Waals surface area contributed by atoms with Crippen molar-refractivity contribution >= 4 is 27.1 Å². The third kappa shape index (κ3) is 3.08. The van der Waals surface area contributed by atoms with Gasteiger partial charge in [0.1, 0.15) is 0 Å². The number of nitrogens with two attached hydrogens (primary N) is 1. The molecule has 0 aliphatic heterocycles. The zero-order valence-corrected chi connectivity index (χ0v) is 11.8. The highest BCUT2D eigenvalue weighted by molar-refractivity contribution is 7.91. The van der Waals surface area contributed by atoms with E-state index in [9.17, 15) is 8.42 Å². The molecule has 0 aliphatic carbocycles. The van der Waals surface area contributed by atoms with E-state index in [0.29, 0.717) is 11.6 Å². The van der Waals surface area contributed by atoms with Gasteiger partial charge in [0.25, 0.3) is 0 Å². The van der Waals surface area contributed by atoms with E-state index in [1.54, 1.807) is 36.4 Å². The molecular formula is C14H14ClNO2S. The minimum absolute atomic E-state index is 0.242. The number of sulfone groups is 1. The smallest absolute Gasteiger partial charge is 0.206 e. The van der Waals surface area contributed by atoms with Gasteiger partial charge in [-0.2, -0.15) is 0 Å². The highest BCUT2D eigenvalue weighted by Gasteiger charge is 2.16. The van der Waals surface area contributed by atoms with E-state index in [2.05, 4.69) is 0 Å². The second-order valence-corrected chi connectivity index (χ2v) is 6.48. The molecule has 100 valence electrons. The fourth-order valence-corrected chi connectivity index (χ4v) is 3.21. The summed E-state index contributed by atoms with van der Waals surface area (Å²) in [5, 5.41) is 0. The van der Waals surface area contributed by atoms with Crippen molar-refractivity contribution < 1.29 is 8.42 Å². The molecule has 0 saturated carbocycles. The molecule has 0 aromatic heterocycles. The Morgan fingerprint density at radius 2 is 1.37 bits per heavy atom. The number of halogens is 1. The number of rotatable bonds is 4. The Morgan fingerprint density at radius 3 is 1.84 bits per heavy atom. The minimum Gasteiger partial charge on any atom is -0.399 e. The van der Waals surface area contributed by atoms with Gasteiger partial charge in [-0.15, -0.1) is 11.6 Å². The Bertz CT molecular complexity index is 649. The normalized spacial score (nSPS) is 11.4. The minimum atomic E-state index is -3.48. The molecule has 0 amide bonds. The molecule has 0 saturated heterocycles. The zero-order chi connectivity index (χ0) is 13.9. The first-order valence-electron chi connectivity index (χ1n) is 5.79. The van der Waals surface area contributed by atoms with Crippen LogP contribution in [0.25, 0.3) is 0 Å². The van der Waals surface area contributed by atoms with Crippen molar-refractivity contribution in [3.05, 3.63) is 54.1 Å². The summed E-state index contributed by atoms with van der Waals surface area (Å²) in [4.78, 5) is 0.516. The van der Waals surface area contributed by atoms with Gasteiger partial charge in [-0.1, -0.05) is 12.1 Å². The van der Waals surface area contributed by atoms with E-state index in [-0.39, 0.29) is 9.79 Å². The molecule has 0 atom stereocenters. The molecule has 0 aliphatic rings. The monoisotopic (exact) mass is 295 g/mol. The van der Waals surface area contributed by atoms with Crippen LogP contribution in [0.5, 0.6) is 0 Å². The number of alkyl halides is 1. The van der Waals surface area contributed by atoms with Crippen molar-refractivity contribution in [2.24, 2.45) is 0 Å². The van der Waals surface area contributed by atoms with E-state index in [0.717, 1.165) is 12.0 Å². The van der Waals surface area contributed by atoms with Crippen molar-refractivity contribution in [1.29, 1.82) is 0 Å². The number of aryl methyl sites for hydroxylation is 1. The number of hydrogen-bond acceptors (Lipinski definition) is 3. The van der Waals surface area contributed by atoms with Crippen LogP contribution in [-0.4, -0.2) is 14.3 Å². The lowest BCUT2D eigenvalue weighted by Crippen LogP contribution is -2.02. The molecule has 2 rings (SSSR count). The summed E-state index contributed by atoms with van der Waals surface area (Å²) in [5.41, 5.74) is 7.11. The van der Waals surface area contributed by atoms with Gasteiger partial charge in [0.2, 0.25) is 9.84 Å². The van der Waals surface area contributed by atoms with E-state index >= 15 is 0 Å². The number of benzene rings is 2. The molecule has 2 aromatic carbocycles. The van der Waals surface area contributed by atoms with Crippen LogP contribution in [-0.2, 0) is 16.3 Å². The Balaban J connectivity index is 2.36. The van der Waals surface area contributed by atoms with Crippen LogP contribution in [0.15, 0.2) is 58.3 Å². The first kappa shape index (κ1) is 13.9. The van der Waals surface area contributed by atoms with Crippen LogP contribution in [0.3, 0.4) is 0 Å². The molecule has 5 heteroatoms. The topological polar surface area (TPSA) is 60.2 Å². The van der Waals surface area contributed by atoms with Crippen molar-refractivity contribution in [3.63, 3.8) is 0 Å². The quantitative estimate of drug-likeness (QED) is 0.697. The predicted octanol–water partition coefficient (Wildman–Crippen LogP) is 2.88. The average molecular weight is 296 g/mol. The Morgan fingerprint density at radius 1 is 0.895 bits per heavy atom. The van der Waals surface area contributed by atoms with Gasteiger partial charge in [-0.05, 0) is 48.4 Å². The lowest BCUT2D eigenvalue weighted by Gasteiger charge is -2.06. The summed E-state index contributed by atoms with van der Waals surface area (Å²) in [7, 11) is -3.48. The fraction of sp³-hybridized carbons (Fsp3) is 0.143. The third-order valence-corrected chi connectivity index (χ3v) is 4.78. The van der Waals surface area contributed by atoms with Gasteiger partial charge < -0.3 is 5.73 Å². The summed E-state index contributed by atoms with van der Waals surface area (Å²) >= 11 is 5.65. The molecule has 0 unspecified atom stereocenters. The van der Waals surface area contributed by atoms with Crippen LogP contribution in [0.4, 0.5) is 5.69 Å². The predicted molar refractivity (Wildman–Crippen MR) is 77.2 cm³/mol. The summed E-state index contributed by atoms with van der Waals surface area (Å²) < 4.78 is 24.7. The standard InChI is InChI=1S/C14H14ClNO2S/c15-10-9-11-1-5-13(6-2-11)19(17,18)14-7-3-12(16)4-8-14/h1-8H,9-10,16H2. The van der Waals surface area contributed by atoms with Crippen LogP contribution in [0.2, 0.25) is 0 Å². The largest absolute Gasteiger partial charge is 0.399 e. The molecule has 0 heterocycles. The SMILES string of the molecule is Nc1ccc(S(=O)(=O)c2ccc(CCCl)cc2)cc1. The molecule has 2 aromatic rings. The van der Waals surface area contributed by atoms with E-state index in [1.807, 2.05) is 0 Å². The van der Waals surface area contributed by atoms with Gasteiger partial charge in [-0.3, -0.25) is 0 Å². The first-order chi connectivity index (χ1) is 9.04. The highest BCUT2D eigenvalue weighted by Crippen LogP contribution is 2.22. The maximum absolute atomic E-state index is 12.3. The van der Waals surface area contributed by atoms with Crippen LogP contribution in [0.1, 0.15) is 5.56 Å². The van der Waals surface area contributed by atoms with Crippen molar-refractivity contribution in [2.45, 2.75) is 16.2 Å². The molecular weight excluding hydrogens is 282 g/mol. The second kappa shape index (κ2) is 5.63. The number of anilines is 1. The van der Waals surface area contributed by atoms with Crippen molar-refractivity contribution in [3.8, 4) is 0 Å². The van der Waals surface area contributed by atoms with Gasteiger partial charge in [0.15, 0.2) is 0 Å². The molecule has 3 nitrogen and oxygen atoms in total. The average Bonchev–Trinajstić information content (AvgIpc) is 2.40. The van der Waals surface area contributed by atoms with Gasteiger partial charge in [0, 0.05) is 11.6 Å². The maximum Gasteiger partial charge on any atom is 0.206 e.